The van der Waals surface area contributed by atoms with Crippen molar-refractivity contribution in [1.29, 1.82) is 0 Å². The van der Waals surface area contributed by atoms with E-state index in [2.05, 4.69) is 5.43 Å². The van der Waals surface area contributed by atoms with E-state index in [1.165, 1.54) is 16.8 Å². The van der Waals surface area contributed by atoms with Crippen molar-refractivity contribution < 1.29 is 24.9 Å². The zero-order valence-electron chi connectivity index (χ0n) is 12.3. The first kappa shape index (κ1) is 16.0. The molecule has 0 saturated carbocycles. The highest BCUT2D eigenvalue weighted by atomic mass is 32.2. The Morgan fingerprint density at radius 2 is 1.75 bits per heavy atom. The number of phenolic OH excluding ortho intramolecular Hbond substituents is 3. The van der Waals surface area contributed by atoms with Gasteiger partial charge in [-0.1, -0.05) is 30.3 Å². The Bertz CT molecular complexity index is 773. The van der Waals surface area contributed by atoms with Crippen molar-refractivity contribution in [1.82, 2.24) is 10.4 Å². The quantitative estimate of drug-likeness (QED) is 0.630. The van der Waals surface area contributed by atoms with E-state index in [0.717, 1.165) is 17.7 Å². The van der Waals surface area contributed by atoms with Gasteiger partial charge < -0.3 is 15.3 Å². The predicted octanol–water partition coefficient (Wildman–Crippen LogP) is 1.72. The summed E-state index contributed by atoms with van der Waals surface area (Å²) in [6.07, 6.45) is 0. The van der Waals surface area contributed by atoms with Crippen molar-refractivity contribution in [3.8, 4) is 17.2 Å². The minimum Gasteiger partial charge on any atom is -0.504 e. The normalized spacial score (nSPS) is 17.1. The summed E-state index contributed by atoms with van der Waals surface area (Å²) >= 11 is 1.38. The fraction of sp³-hybridized carbons (Fsp3) is 0.125. The molecule has 2 aromatic carbocycles. The van der Waals surface area contributed by atoms with Gasteiger partial charge in [0.25, 0.3) is 11.8 Å². The van der Waals surface area contributed by atoms with Crippen LogP contribution in [0.5, 0.6) is 17.2 Å². The molecule has 2 aromatic rings. The van der Waals surface area contributed by atoms with Gasteiger partial charge in [-0.25, -0.2) is 5.01 Å². The zero-order chi connectivity index (χ0) is 17.3. The number of aromatic hydroxyl groups is 3. The average Bonchev–Trinajstić information content (AvgIpc) is 2.93. The Morgan fingerprint density at radius 1 is 1.12 bits per heavy atom. The maximum absolute atomic E-state index is 12.3. The smallest absolute Gasteiger partial charge is 0.270 e. The lowest BCUT2D eigenvalue weighted by Gasteiger charge is -2.24. The lowest BCUT2D eigenvalue weighted by atomic mass is 10.1. The number of nitrogens with one attached hydrogen (secondary N) is 1. The van der Waals surface area contributed by atoms with Crippen LogP contribution in [0.1, 0.15) is 21.3 Å². The van der Waals surface area contributed by atoms with Gasteiger partial charge in [0.1, 0.15) is 5.37 Å². The molecule has 2 amide bonds. The van der Waals surface area contributed by atoms with E-state index in [9.17, 15) is 24.9 Å². The van der Waals surface area contributed by atoms with Gasteiger partial charge in [-0.05, 0) is 17.7 Å². The summed E-state index contributed by atoms with van der Waals surface area (Å²) in [7, 11) is 0. The minimum absolute atomic E-state index is 0.0840. The van der Waals surface area contributed by atoms with Crippen LogP contribution in [0, 0.1) is 0 Å². The zero-order valence-corrected chi connectivity index (χ0v) is 13.2. The molecular weight excluding hydrogens is 332 g/mol. The number of nitrogens with zero attached hydrogens (tertiary/aromatic N) is 1. The van der Waals surface area contributed by atoms with Crippen LogP contribution in [0.25, 0.3) is 0 Å². The van der Waals surface area contributed by atoms with E-state index >= 15 is 0 Å². The number of hydrazine groups is 1. The lowest BCUT2D eigenvalue weighted by Crippen LogP contribution is -2.44. The average molecular weight is 346 g/mol. The summed E-state index contributed by atoms with van der Waals surface area (Å²) in [4.78, 5) is 24.4. The molecule has 1 atom stereocenters. The molecule has 0 bridgehead atoms. The van der Waals surface area contributed by atoms with Crippen molar-refractivity contribution in [3.63, 3.8) is 0 Å². The molecule has 0 aromatic heterocycles. The highest BCUT2D eigenvalue weighted by Crippen LogP contribution is 2.38. The Morgan fingerprint density at radius 3 is 2.38 bits per heavy atom. The molecule has 0 spiro atoms. The van der Waals surface area contributed by atoms with E-state index in [4.69, 9.17) is 0 Å². The number of rotatable bonds is 3. The van der Waals surface area contributed by atoms with Crippen LogP contribution < -0.4 is 5.43 Å². The van der Waals surface area contributed by atoms with Crippen molar-refractivity contribution in [2.45, 2.75) is 5.37 Å². The third-order valence-corrected chi connectivity index (χ3v) is 4.72. The molecule has 24 heavy (non-hydrogen) atoms. The lowest BCUT2D eigenvalue weighted by molar-refractivity contribution is -0.130. The molecule has 3 rings (SSSR count). The Hall–Kier alpha value is -2.87. The molecule has 1 aliphatic rings. The maximum atomic E-state index is 12.3. The molecule has 1 saturated heterocycles. The molecule has 1 fully saturated rings. The molecular formula is C16H14N2O5S. The van der Waals surface area contributed by atoms with Gasteiger partial charge in [-0.15, -0.1) is 11.8 Å². The molecule has 8 heteroatoms. The topological polar surface area (TPSA) is 110 Å². The van der Waals surface area contributed by atoms with E-state index in [1.54, 1.807) is 0 Å². The number of thioether (sulfide) groups is 1. The number of hydrogen-bond acceptors (Lipinski definition) is 6. The number of benzene rings is 2. The van der Waals surface area contributed by atoms with E-state index in [1.807, 2.05) is 30.3 Å². The summed E-state index contributed by atoms with van der Waals surface area (Å²) in [6, 6.07) is 11.3. The van der Waals surface area contributed by atoms with Gasteiger partial charge in [0.2, 0.25) is 0 Å². The first-order valence-electron chi connectivity index (χ1n) is 7.02. The fourth-order valence-electron chi connectivity index (χ4n) is 2.32. The second-order valence-corrected chi connectivity index (χ2v) is 6.21. The van der Waals surface area contributed by atoms with Gasteiger partial charge in [-0.3, -0.25) is 15.0 Å². The number of hydrogen-bond donors (Lipinski definition) is 4. The monoisotopic (exact) mass is 346 g/mol. The van der Waals surface area contributed by atoms with Crippen LogP contribution in [-0.2, 0) is 4.79 Å². The van der Waals surface area contributed by atoms with Crippen LogP contribution in [0.2, 0.25) is 0 Å². The van der Waals surface area contributed by atoms with Crippen LogP contribution in [0.4, 0.5) is 0 Å². The maximum Gasteiger partial charge on any atom is 0.270 e. The fourth-order valence-corrected chi connectivity index (χ4v) is 3.43. The summed E-state index contributed by atoms with van der Waals surface area (Å²) in [5.41, 5.74) is 3.27. The SMILES string of the molecule is O=C(NN1C(=O)CSC1c1ccccc1)c1cc(O)c(O)c(O)c1. The van der Waals surface area contributed by atoms with Gasteiger partial charge in [0.15, 0.2) is 17.2 Å². The van der Waals surface area contributed by atoms with Crippen molar-refractivity contribution in [3.05, 3.63) is 53.6 Å². The molecule has 1 heterocycles. The van der Waals surface area contributed by atoms with Crippen molar-refractivity contribution >= 4 is 23.6 Å². The number of carbonyl (C=O) groups is 2. The number of phenols is 3. The number of carbonyl (C=O) groups excluding carboxylic acids is 2. The summed E-state index contributed by atoms with van der Waals surface area (Å²) < 4.78 is 0. The highest BCUT2D eigenvalue weighted by Gasteiger charge is 2.34. The highest BCUT2D eigenvalue weighted by molar-refractivity contribution is 8.00. The molecule has 1 aliphatic heterocycles. The first-order chi connectivity index (χ1) is 11.5. The van der Waals surface area contributed by atoms with Gasteiger partial charge in [0, 0.05) is 5.56 Å². The third kappa shape index (κ3) is 2.95. The van der Waals surface area contributed by atoms with E-state index in [-0.39, 0.29) is 22.6 Å². The first-order valence-corrected chi connectivity index (χ1v) is 8.07. The third-order valence-electron chi connectivity index (χ3n) is 3.51. The van der Waals surface area contributed by atoms with Gasteiger partial charge >= 0.3 is 0 Å². The van der Waals surface area contributed by atoms with Gasteiger partial charge in [-0.2, -0.15) is 0 Å². The van der Waals surface area contributed by atoms with Crippen molar-refractivity contribution in [2.75, 3.05) is 5.75 Å². The Kier molecular flexibility index (Phi) is 4.22. The Balaban J connectivity index is 1.83. The minimum atomic E-state index is -0.707. The molecule has 0 aliphatic carbocycles. The molecule has 4 N–H and O–H groups in total. The second-order valence-electron chi connectivity index (χ2n) is 5.14. The molecule has 1 unspecified atom stereocenters. The molecule has 0 radical (unpaired) electrons. The van der Waals surface area contributed by atoms with Crippen LogP contribution in [0.15, 0.2) is 42.5 Å². The molecule has 7 nitrogen and oxygen atoms in total. The Labute approximate surface area is 141 Å². The van der Waals surface area contributed by atoms with Crippen LogP contribution in [0.3, 0.4) is 0 Å². The number of amides is 2. The van der Waals surface area contributed by atoms with Crippen molar-refractivity contribution in [2.24, 2.45) is 0 Å². The second kappa shape index (κ2) is 6.32. The summed E-state index contributed by atoms with van der Waals surface area (Å²) in [6.45, 7) is 0. The summed E-state index contributed by atoms with van der Waals surface area (Å²) in [5.74, 6) is -2.66. The van der Waals surface area contributed by atoms with Gasteiger partial charge in [0.05, 0.1) is 5.75 Å². The largest absolute Gasteiger partial charge is 0.504 e. The van der Waals surface area contributed by atoms with Crippen LogP contribution >= 0.6 is 11.8 Å². The predicted molar refractivity (Wildman–Crippen MR) is 87.4 cm³/mol. The van der Waals surface area contributed by atoms with Crippen LogP contribution in [-0.4, -0.2) is 37.9 Å². The molecule has 124 valence electrons. The van der Waals surface area contributed by atoms with E-state index in [0.29, 0.717) is 0 Å². The summed E-state index contributed by atoms with van der Waals surface area (Å²) in [5, 5.41) is 29.2. The van der Waals surface area contributed by atoms with E-state index < -0.39 is 23.2 Å². The standard InChI is InChI=1S/C16H14N2O5S/c19-11-6-10(7-12(20)14(11)22)15(23)17-18-13(21)8-24-16(18)9-4-2-1-3-5-9/h1-7,16,19-20,22H,8H2,(H,17,23).